The zero-order valence-electron chi connectivity index (χ0n) is 12.3. The van der Waals surface area contributed by atoms with Gasteiger partial charge < -0.3 is 10.6 Å². The molecule has 3 nitrogen and oxygen atoms in total. The first-order valence-electron chi connectivity index (χ1n) is 6.98. The minimum Gasteiger partial charge on any atom is -0.388 e. The van der Waals surface area contributed by atoms with E-state index in [4.69, 9.17) is 0 Å². The maximum absolute atomic E-state index is 11.7. The fraction of sp³-hybridized carbons (Fsp3) is 0.667. The Hall–Kier alpha value is -1.25. The van der Waals surface area contributed by atoms with Crippen LogP contribution in [0.5, 0.6) is 0 Å². The van der Waals surface area contributed by atoms with Gasteiger partial charge in [0.25, 0.3) is 0 Å². The van der Waals surface area contributed by atoms with E-state index in [2.05, 4.69) is 24.5 Å². The first kappa shape index (κ1) is 16.8. The third kappa shape index (κ3) is 9.94. The second-order valence-corrected chi connectivity index (χ2v) is 4.62. The summed E-state index contributed by atoms with van der Waals surface area (Å²) in [5.74, 6) is 0.0398. The van der Waals surface area contributed by atoms with Crippen molar-refractivity contribution in [1.29, 1.82) is 0 Å². The molecule has 0 aliphatic carbocycles. The minimum atomic E-state index is 0.0398. The highest BCUT2D eigenvalue weighted by molar-refractivity contribution is 5.99. The summed E-state index contributed by atoms with van der Waals surface area (Å²) in [7, 11) is 0. The molecule has 0 aromatic carbocycles. The molecule has 0 unspecified atom stereocenters. The van der Waals surface area contributed by atoms with Gasteiger partial charge in [-0.05, 0) is 26.7 Å². The molecule has 0 amide bonds. The van der Waals surface area contributed by atoms with Crippen molar-refractivity contribution < 1.29 is 4.79 Å². The number of carbonyl (C=O) groups excluding carboxylic acids is 1. The molecule has 0 saturated heterocycles. The molecule has 0 spiro atoms. The Kier molecular flexibility index (Phi) is 10.1. The SMILES string of the molecule is CCCCNC(C)=CC(=O)C=C(C)NCCCC. The number of allylic oxidation sites excluding steroid dienone is 4. The smallest absolute Gasteiger partial charge is 0.182 e. The Labute approximate surface area is 112 Å². The van der Waals surface area contributed by atoms with Gasteiger partial charge in [-0.25, -0.2) is 0 Å². The van der Waals surface area contributed by atoms with E-state index < -0.39 is 0 Å². The molecule has 3 heteroatoms. The topological polar surface area (TPSA) is 41.1 Å². The van der Waals surface area contributed by atoms with Gasteiger partial charge in [-0.2, -0.15) is 0 Å². The van der Waals surface area contributed by atoms with Crippen LogP contribution < -0.4 is 10.6 Å². The largest absolute Gasteiger partial charge is 0.388 e. The number of carbonyl (C=O) groups is 1. The summed E-state index contributed by atoms with van der Waals surface area (Å²) in [4.78, 5) is 11.7. The van der Waals surface area contributed by atoms with Crippen LogP contribution in [0.25, 0.3) is 0 Å². The summed E-state index contributed by atoms with van der Waals surface area (Å²) in [6, 6.07) is 0. The normalized spacial score (nSPS) is 12.4. The summed E-state index contributed by atoms with van der Waals surface area (Å²) in [6.45, 7) is 10.0. The molecule has 0 rings (SSSR count). The van der Waals surface area contributed by atoms with E-state index in [1.807, 2.05) is 13.8 Å². The lowest BCUT2D eigenvalue weighted by Crippen LogP contribution is -2.15. The van der Waals surface area contributed by atoms with Gasteiger partial charge in [-0.3, -0.25) is 4.79 Å². The maximum atomic E-state index is 11.7. The van der Waals surface area contributed by atoms with Crippen molar-refractivity contribution in [2.45, 2.75) is 53.4 Å². The first-order chi connectivity index (χ1) is 8.60. The number of rotatable bonds is 10. The van der Waals surface area contributed by atoms with Gasteiger partial charge in [0.15, 0.2) is 5.78 Å². The van der Waals surface area contributed by atoms with Crippen LogP contribution in [0, 0.1) is 0 Å². The van der Waals surface area contributed by atoms with E-state index in [1.54, 1.807) is 12.2 Å². The third-order valence-electron chi connectivity index (χ3n) is 2.59. The Morgan fingerprint density at radius 1 is 0.889 bits per heavy atom. The fourth-order valence-electron chi connectivity index (χ4n) is 1.50. The van der Waals surface area contributed by atoms with Crippen molar-refractivity contribution in [3.63, 3.8) is 0 Å². The van der Waals surface area contributed by atoms with E-state index in [9.17, 15) is 4.79 Å². The van der Waals surface area contributed by atoms with E-state index in [0.29, 0.717) is 0 Å². The van der Waals surface area contributed by atoms with Gasteiger partial charge in [0.2, 0.25) is 0 Å². The standard InChI is InChI=1S/C15H28N2O/c1-5-7-9-16-13(3)11-15(18)12-14(4)17-10-8-6-2/h11-12,16-17H,5-10H2,1-4H3. The number of nitrogens with one attached hydrogen (secondary N) is 2. The number of hydrogen-bond acceptors (Lipinski definition) is 3. The maximum Gasteiger partial charge on any atom is 0.182 e. The highest BCUT2D eigenvalue weighted by atomic mass is 16.1. The lowest BCUT2D eigenvalue weighted by Gasteiger charge is -2.05. The Morgan fingerprint density at radius 2 is 1.28 bits per heavy atom. The lowest BCUT2D eigenvalue weighted by atomic mass is 10.2. The van der Waals surface area contributed by atoms with Gasteiger partial charge in [0.05, 0.1) is 0 Å². The Morgan fingerprint density at radius 3 is 1.61 bits per heavy atom. The van der Waals surface area contributed by atoms with Crippen LogP contribution >= 0.6 is 0 Å². The van der Waals surface area contributed by atoms with Crippen LogP contribution in [0.1, 0.15) is 53.4 Å². The zero-order valence-corrected chi connectivity index (χ0v) is 12.3. The van der Waals surface area contributed by atoms with Crippen molar-refractivity contribution in [2.75, 3.05) is 13.1 Å². The first-order valence-corrected chi connectivity index (χ1v) is 6.98. The van der Waals surface area contributed by atoms with Crippen LogP contribution in [0.4, 0.5) is 0 Å². The van der Waals surface area contributed by atoms with Crippen molar-refractivity contribution >= 4 is 5.78 Å². The summed E-state index contributed by atoms with van der Waals surface area (Å²) in [5.41, 5.74) is 1.87. The van der Waals surface area contributed by atoms with Gasteiger partial charge in [-0.15, -0.1) is 0 Å². The molecule has 0 saturated carbocycles. The highest BCUT2D eigenvalue weighted by Crippen LogP contribution is 1.95. The monoisotopic (exact) mass is 252 g/mol. The van der Waals surface area contributed by atoms with Crippen molar-refractivity contribution in [3.05, 3.63) is 23.5 Å². The quantitative estimate of drug-likeness (QED) is 0.463. The van der Waals surface area contributed by atoms with Crippen molar-refractivity contribution in [2.24, 2.45) is 0 Å². The van der Waals surface area contributed by atoms with Crippen LogP contribution in [0.3, 0.4) is 0 Å². The molecular weight excluding hydrogens is 224 g/mol. The lowest BCUT2D eigenvalue weighted by molar-refractivity contribution is -0.110. The molecular formula is C15H28N2O. The average Bonchev–Trinajstić information content (AvgIpc) is 2.29. The van der Waals surface area contributed by atoms with E-state index in [0.717, 1.165) is 50.2 Å². The molecule has 2 N–H and O–H groups in total. The predicted molar refractivity (Wildman–Crippen MR) is 78.3 cm³/mol. The molecule has 0 bridgehead atoms. The summed E-state index contributed by atoms with van der Waals surface area (Å²) >= 11 is 0. The molecule has 0 atom stereocenters. The van der Waals surface area contributed by atoms with Crippen molar-refractivity contribution in [3.8, 4) is 0 Å². The second kappa shape index (κ2) is 10.9. The van der Waals surface area contributed by atoms with Gasteiger partial charge in [0.1, 0.15) is 0 Å². The summed E-state index contributed by atoms with van der Waals surface area (Å²) < 4.78 is 0. The molecule has 0 heterocycles. The van der Waals surface area contributed by atoms with E-state index in [1.165, 1.54) is 0 Å². The third-order valence-corrected chi connectivity index (χ3v) is 2.59. The predicted octanol–water partition coefficient (Wildman–Crippen LogP) is 3.14. The van der Waals surface area contributed by atoms with Crippen LogP contribution in [-0.4, -0.2) is 18.9 Å². The fourth-order valence-corrected chi connectivity index (χ4v) is 1.50. The molecule has 0 aromatic heterocycles. The summed E-state index contributed by atoms with van der Waals surface area (Å²) in [6.07, 6.45) is 7.89. The number of unbranched alkanes of at least 4 members (excludes halogenated alkanes) is 2. The molecule has 0 aliphatic rings. The zero-order chi connectivity index (χ0) is 13.8. The molecule has 0 fully saturated rings. The van der Waals surface area contributed by atoms with E-state index in [-0.39, 0.29) is 5.78 Å². The summed E-state index contributed by atoms with van der Waals surface area (Å²) in [5, 5.41) is 6.46. The molecule has 0 aromatic rings. The van der Waals surface area contributed by atoms with Crippen LogP contribution in [0.2, 0.25) is 0 Å². The second-order valence-electron chi connectivity index (χ2n) is 4.62. The highest BCUT2D eigenvalue weighted by Gasteiger charge is 1.96. The van der Waals surface area contributed by atoms with Crippen LogP contribution in [0.15, 0.2) is 23.5 Å². The average molecular weight is 252 g/mol. The number of hydrogen-bond donors (Lipinski definition) is 2. The van der Waals surface area contributed by atoms with E-state index >= 15 is 0 Å². The van der Waals surface area contributed by atoms with Gasteiger partial charge in [0, 0.05) is 36.6 Å². The van der Waals surface area contributed by atoms with Gasteiger partial charge >= 0.3 is 0 Å². The van der Waals surface area contributed by atoms with Crippen molar-refractivity contribution in [1.82, 2.24) is 10.6 Å². The van der Waals surface area contributed by atoms with Gasteiger partial charge in [-0.1, -0.05) is 26.7 Å². The molecule has 0 aliphatic heterocycles. The number of ketones is 1. The van der Waals surface area contributed by atoms with Crippen LogP contribution in [-0.2, 0) is 4.79 Å². The minimum absolute atomic E-state index is 0.0398. The molecule has 0 radical (unpaired) electrons. The Balaban J connectivity index is 4.05. The Bertz CT molecular complexity index is 265. The molecule has 18 heavy (non-hydrogen) atoms. The molecule has 104 valence electrons.